The third-order valence-electron chi connectivity index (χ3n) is 1.84. The Bertz CT molecular complexity index is 442. The van der Waals surface area contributed by atoms with Gasteiger partial charge < -0.3 is 5.73 Å². The van der Waals surface area contributed by atoms with Crippen LogP contribution in [-0.4, -0.2) is 20.7 Å². The predicted molar refractivity (Wildman–Crippen MR) is 67.5 cm³/mol. The number of benzene rings is 1. The van der Waals surface area contributed by atoms with E-state index < -0.39 is 10.0 Å². The molecule has 1 rings (SSSR count). The number of nitrogens with one attached hydrogen (secondary N) is 1. The van der Waals surface area contributed by atoms with E-state index in [0.29, 0.717) is 13.0 Å². The van der Waals surface area contributed by atoms with E-state index in [1.165, 1.54) is 0 Å². The van der Waals surface area contributed by atoms with Crippen LogP contribution in [0.5, 0.6) is 0 Å². The highest BCUT2D eigenvalue weighted by molar-refractivity contribution is 7.92. The average Bonchev–Trinajstić information content (AvgIpc) is 2.21. The minimum Gasteiger partial charge on any atom is -0.330 e. The fourth-order valence-electron chi connectivity index (χ4n) is 1.08. The van der Waals surface area contributed by atoms with E-state index in [0.717, 1.165) is 0 Å². The summed E-state index contributed by atoms with van der Waals surface area (Å²) in [5.41, 5.74) is 5.46. The molecule has 0 atom stereocenters. The van der Waals surface area contributed by atoms with Crippen LogP contribution >= 0.6 is 23.2 Å². The smallest absolute Gasteiger partial charge is 0.232 e. The maximum Gasteiger partial charge on any atom is 0.232 e. The van der Waals surface area contributed by atoms with Crippen LogP contribution in [-0.2, 0) is 10.0 Å². The average molecular weight is 283 g/mol. The highest BCUT2D eigenvalue weighted by Gasteiger charge is 2.14. The maximum atomic E-state index is 11.6. The van der Waals surface area contributed by atoms with Gasteiger partial charge in [0.2, 0.25) is 10.0 Å². The van der Waals surface area contributed by atoms with Crippen molar-refractivity contribution in [1.82, 2.24) is 0 Å². The van der Waals surface area contributed by atoms with Crippen molar-refractivity contribution < 1.29 is 8.42 Å². The second-order valence-corrected chi connectivity index (χ2v) is 5.82. The number of halogens is 2. The summed E-state index contributed by atoms with van der Waals surface area (Å²) in [4.78, 5) is 0. The highest BCUT2D eigenvalue weighted by Crippen LogP contribution is 2.30. The maximum absolute atomic E-state index is 11.6. The van der Waals surface area contributed by atoms with Gasteiger partial charge in [-0.1, -0.05) is 29.3 Å². The van der Waals surface area contributed by atoms with Gasteiger partial charge in [0.05, 0.1) is 21.5 Å². The molecule has 0 radical (unpaired) electrons. The van der Waals surface area contributed by atoms with Crippen LogP contribution in [0.25, 0.3) is 0 Å². The second-order valence-electron chi connectivity index (χ2n) is 3.16. The lowest BCUT2D eigenvalue weighted by molar-refractivity contribution is 0.599. The Balaban J connectivity index is 2.88. The van der Waals surface area contributed by atoms with E-state index in [9.17, 15) is 8.42 Å². The van der Waals surface area contributed by atoms with Crippen molar-refractivity contribution in [3.63, 3.8) is 0 Å². The molecule has 0 aliphatic heterocycles. The molecule has 0 unspecified atom stereocenters. The Morgan fingerprint density at radius 2 is 1.81 bits per heavy atom. The van der Waals surface area contributed by atoms with Crippen LogP contribution < -0.4 is 10.5 Å². The lowest BCUT2D eigenvalue weighted by Gasteiger charge is -2.10. The number of para-hydroxylation sites is 1. The van der Waals surface area contributed by atoms with E-state index in [1.807, 2.05) is 0 Å². The molecular weight excluding hydrogens is 271 g/mol. The fraction of sp³-hybridized carbons (Fsp3) is 0.333. The van der Waals surface area contributed by atoms with Crippen LogP contribution in [0.4, 0.5) is 5.69 Å². The zero-order chi connectivity index (χ0) is 12.2. The zero-order valence-electron chi connectivity index (χ0n) is 8.41. The van der Waals surface area contributed by atoms with Gasteiger partial charge in [0.15, 0.2) is 0 Å². The van der Waals surface area contributed by atoms with Gasteiger partial charge in [0, 0.05) is 0 Å². The number of sulfonamides is 1. The summed E-state index contributed by atoms with van der Waals surface area (Å²) in [5, 5.41) is 0.535. The molecule has 0 saturated heterocycles. The topological polar surface area (TPSA) is 72.2 Å². The predicted octanol–water partition coefficient (Wildman–Crippen LogP) is 2.08. The van der Waals surface area contributed by atoms with Gasteiger partial charge in [0.1, 0.15) is 0 Å². The molecule has 90 valence electrons. The summed E-state index contributed by atoms with van der Waals surface area (Å²) in [7, 11) is -3.44. The third kappa shape index (κ3) is 3.83. The first-order valence-corrected chi connectivity index (χ1v) is 7.01. The van der Waals surface area contributed by atoms with Crippen molar-refractivity contribution in [2.45, 2.75) is 6.42 Å². The molecule has 0 bridgehead atoms. The Kier molecular flexibility index (Phi) is 4.86. The standard InChI is InChI=1S/C9H12Cl2N2O2S/c10-7-3-1-4-8(11)9(7)13-16(14,15)6-2-5-12/h1,3-4,13H,2,5-6,12H2. The minimum atomic E-state index is -3.44. The van der Waals surface area contributed by atoms with E-state index in [4.69, 9.17) is 28.9 Å². The molecule has 4 nitrogen and oxygen atoms in total. The molecule has 0 heterocycles. The number of hydrogen-bond acceptors (Lipinski definition) is 3. The third-order valence-corrected chi connectivity index (χ3v) is 3.81. The quantitative estimate of drug-likeness (QED) is 0.869. The summed E-state index contributed by atoms with van der Waals surface area (Å²) in [6.07, 6.45) is 0.386. The van der Waals surface area contributed by atoms with Crippen molar-refractivity contribution in [2.75, 3.05) is 17.0 Å². The van der Waals surface area contributed by atoms with Crippen LogP contribution in [0.3, 0.4) is 0 Å². The zero-order valence-corrected chi connectivity index (χ0v) is 10.7. The molecule has 7 heteroatoms. The van der Waals surface area contributed by atoms with Gasteiger partial charge in [-0.15, -0.1) is 0 Å². The Labute approximate surface area is 105 Å². The molecule has 1 aromatic carbocycles. The normalized spacial score (nSPS) is 11.4. The Morgan fingerprint density at radius 3 is 2.31 bits per heavy atom. The lowest BCUT2D eigenvalue weighted by Crippen LogP contribution is -2.19. The van der Waals surface area contributed by atoms with E-state index in [-0.39, 0.29) is 21.5 Å². The van der Waals surface area contributed by atoms with Crippen LogP contribution in [0.2, 0.25) is 10.0 Å². The largest absolute Gasteiger partial charge is 0.330 e. The summed E-state index contributed by atoms with van der Waals surface area (Å²) in [5.74, 6) is -0.0505. The van der Waals surface area contributed by atoms with E-state index in [1.54, 1.807) is 18.2 Å². The molecule has 0 aliphatic carbocycles. The monoisotopic (exact) mass is 282 g/mol. The van der Waals surface area contributed by atoms with Gasteiger partial charge in [-0.25, -0.2) is 8.42 Å². The molecule has 3 N–H and O–H groups in total. The van der Waals surface area contributed by atoms with Gasteiger partial charge in [-0.3, -0.25) is 4.72 Å². The molecule has 0 spiro atoms. The summed E-state index contributed by atoms with van der Waals surface area (Å²) >= 11 is 11.7. The van der Waals surface area contributed by atoms with Gasteiger partial charge >= 0.3 is 0 Å². The van der Waals surface area contributed by atoms with Crippen molar-refractivity contribution in [2.24, 2.45) is 5.73 Å². The Morgan fingerprint density at radius 1 is 1.25 bits per heavy atom. The molecule has 0 fully saturated rings. The highest BCUT2D eigenvalue weighted by atomic mass is 35.5. The Hall–Kier alpha value is -0.490. The second kappa shape index (κ2) is 5.72. The van der Waals surface area contributed by atoms with Crippen LogP contribution in [0, 0.1) is 0 Å². The number of anilines is 1. The molecule has 1 aromatic rings. The van der Waals surface area contributed by atoms with Crippen molar-refractivity contribution in [3.8, 4) is 0 Å². The van der Waals surface area contributed by atoms with Gasteiger partial charge in [0.25, 0.3) is 0 Å². The molecular formula is C9H12Cl2N2O2S. The molecule has 0 aromatic heterocycles. The van der Waals surface area contributed by atoms with Crippen molar-refractivity contribution in [1.29, 1.82) is 0 Å². The number of rotatable bonds is 5. The fourth-order valence-corrected chi connectivity index (χ4v) is 2.86. The van der Waals surface area contributed by atoms with Gasteiger partial charge in [-0.2, -0.15) is 0 Å². The summed E-state index contributed by atoms with van der Waals surface area (Å²) in [6.45, 7) is 0.317. The minimum absolute atomic E-state index is 0.0505. The van der Waals surface area contributed by atoms with Crippen molar-refractivity contribution in [3.05, 3.63) is 28.2 Å². The molecule has 0 amide bonds. The van der Waals surface area contributed by atoms with Crippen molar-refractivity contribution >= 4 is 38.9 Å². The van der Waals surface area contributed by atoms with Crippen LogP contribution in [0.1, 0.15) is 6.42 Å². The number of hydrogen-bond donors (Lipinski definition) is 2. The lowest BCUT2D eigenvalue weighted by atomic mass is 10.3. The molecule has 0 saturated carbocycles. The molecule has 0 aliphatic rings. The molecule has 16 heavy (non-hydrogen) atoms. The summed E-state index contributed by atoms with van der Waals surface area (Å²) in [6, 6.07) is 4.77. The number of nitrogens with two attached hydrogens (primary N) is 1. The van der Waals surface area contributed by atoms with Gasteiger partial charge in [-0.05, 0) is 25.1 Å². The van der Waals surface area contributed by atoms with Crippen LogP contribution in [0.15, 0.2) is 18.2 Å². The first kappa shape index (κ1) is 13.6. The first-order valence-electron chi connectivity index (χ1n) is 4.61. The first-order chi connectivity index (χ1) is 7.46. The summed E-state index contributed by atoms with van der Waals surface area (Å²) < 4.78 is 25.5. The SMILES string of the molecule is NCCCS(=O)(=O)Nc1c(Cl)cccc1Cl. The van der Waals surface area contributed by atoms with E-state index >= 15 is 0 Å². The van der Waals surface area contributed by atoms with E-state index in [2.05, 4.69) is 4.72 Å².